The zero-order chi connectivity index (χ0) is 19.2. The van der Waals surface area contributed by atoms with Crippen molar-refractivity contribution in [1.29, 1.82) is 0 Å². The smallest absolute Gasteiger partial charge is 0.225 e. The lowest BCUT2D eigenvalue weighted by molar-refractivity contribution is -0.134. The summed E-state index contributed by atoms with van der Waals surface area (Å²) in [5.74, 6) is 0.133. The van der Waals surface area contributed by atoms with Crippen LogP contribution in [-0.4, -0.2) is 40.6 Å². The molecule has 0 bridgehead atoms. The molecular weight excluding hydrogens is 379 g/mol. The van der Waals surface area contributed by atoms with Gasteiger partial charge >= 0.3 is 0 Å². The first-order valence-electron chi connectivity index (χ1n) is 9.83. The van der Waals surface area contributed by atoms with Crippen LogP contribution in [0.5, 0.6) is 0 Å². The summed E-state index contributed by atoms with van der Waals surface area (Å²) in [5.41, 5.74) is 8.74. The number of aromatic nitrogens is 2. The number of carbonyl (C=O) groups is 1. The van der Waals surface area contributed by atoms with Crippen molar-refractivity contribution in [2.45, 2.75) is 51.0 Å². The molecule has 28 heavy (non-hydrogen) atoms. The highest BCUT2D eigenvalue weighted by Crippen LogP contribution is 2.25. The molecule has 0 radical (unpaired) electrons. The average molecular weight is 409 g/mol. The van der Waals surface area contributed by atoms with E-state index in [1.54, 1.807) is 12.1 Å². The molecule has 1 heterocycles. The van der Waals surface area contributed by atoms with Crippen LogP contribution in [0.15, 0.2) is 30.3 Å². The number of carbonyl (C=O) groups excluding carboxylic acids is 1. The van der Waals surface area contributed by atoms with Gasteiger partial charge in [0.05, 0.1) is 5.69 Å². The number of rotatable bonds is 8. The molecule has 154 valence electrons. The molecule has 1 fully saturated rings. The number of unbranched alkanes of at least 4 members (excludes halogenated alkanes) is 2. The van der Waals surface area contributed by atoms with Crippen LogP contribution in [0.2, 0.25) is 0 Å². The van der Waals surface area contributed by atoms with Gasteiger partial charge in [-0.25, -0.2) is 4.39 Å². The lowest BCUT2D eigenvalue weighted by atomic mass is 10.1. The summed E-state index contributed by atoms with van der Waals surface area (Å²) >= 11 is 0. The van der Waals surface area contributed by atoms with E-state index in [1.165, 1.54) is 12.1 Å². The van der Waals surface area contributed by atoms with E-state index >= 15 is 0 Å². The van der Waals surface area contributed by atoms with Crippen molar-refractivity contribution in [3.63, 3.8) is 0 Å². The summed E-state index contributed by atoms with van der Waals surface area (Å²) in [6, 6.07) is 8.58. The summed E-state index contributed by atoms with van der Waals surface area (Å²) in [4.78, 5) is 14.2. The summed E-state index contributed by atoms with van der Waals surface area (Å²) in [6.07, 6.45) is 6.76. The van der Waals surface area contributed by atoms with E-state index in [9.17, 15) is 9.18 Å². The molecule has 1 aliphatic rings. The highest BCUT2D eigenvalue weighted by Gasteiger charge is 2.29. The predicted octanol–water partition coefficient (Wildman–Crippen LogP) is 3.94. The average Bonchev–Trinajstić information content (AvgIpc) is 3.30. The van der Waals surface area contributed by atoms with Gasteiger partial charge in [-0.2, -0.15) is 5.10 Å². The molecule has 1 saturated carbocycles. The monoisotopic (exact) mass is 408 g/mol. The highest BCUT2D eigenvalue weighted by molar-refractivity contribution is 5.85. The van der Waals surface area contributed by atoms with Gasteiger partial charge in [-0.3, -0.25) is 9.89 Å². The van der Waals surface area contributed by atoms with Crippen molar-refractivity contribution in [3.05, 3.63) is 41.8 Å². The number of hydrogen-bond acceptors (Lipinski definition) is 3. The topological polar surface area (TPSA) is 75.0 Å². The molecule has 1 aromatic carbocycles. The van der Waals surface area contributed by atoms with Crippen LogP contribution in [0.1, 0.15) is 44.2 Å². The van der Waals surface area contributed by atoms with Crippen LogP contribution in [0.25, 0.3) is 11.3 Å². The van der Waals surface area contributed by atoms with Crippen molar-refractivity contribution in [2.75, 3.05) is 13.6 Å². The predicted molar refractivity (Wildman–Crippen MR) is 112 cm³/mol. The van der Waals surface area contributed by atoms with Gasteiger partial charge in [-0.05, 0) is 68.9 Å². The highest BCUT2D eigenvalue weighted by atomic mass is 35.5. The third-order valence-electron chi connectivity index (χ3n) is 5.41. The zero-order valence-corrected chi connectivity index (χ0v) is 17.2. The zero-order valence-electron chi connectivity index (χ0n) is 16.4. The van der Waals surface area contributed by atoms with Crippen molar-refractivity contribution < 1.29 is 9.18 Å². The second-order valence-electron chi connectivity index (χ2n) is 7.63. The number of benzene rings is 1. The van der Waals surface area contributed by atoms with Gasteiger partial charge < -0.3 is 10.6 Å². The Hall–Kier alpha value is -1.92. The summed E-state index contributed by atoms with van der Waals surface area (Å²) in [7, 11) is 1.90. The molecule has 1 aromatic heterocycles. The van der Waals surface area contributed by atoms with E-state index in [-0.39, 0.29) is 36.1 Å². The Morgan fingerprint density at radius 2 is 2.00 bits per heavy atom. The van der Waals surface area contributed by atoms with Crippen LogP contribution in [0.3, 0.4) is 0 Å². The van der Waals surface area contributed by atoms with Crippen LogP contribution in [0, 0.1) is 11.7 Å². The minimum atomic E-state index is -0.242. The molecule has 1 amide bonds. The molecule has 1 aliphatic carbocycles. The first kappa shape index (κ1) is 22.4. The molecule has 0 saturated heterocycles. The number of aromatic amines is 1. The minimum absolute atomic E-state index is 0. The van der Waals surface area contributed by atoms with Crippen LogP contribution in [-0.2, 0) is 11.2 Å². The fourth-order valence-electron chi connectivity index (χ4n) is 3.76. The second-order valence-corrected chi connectivity index (χ2v) is 7.63. The van der Waals surface area contributed by atoms with E-state index in [2.05, 4.69) is 10.2 Å². The molecule has 0 aliphatic heterocycles. The minimum Gasteiger partial charge on any atom is -0.346 e. The van der Waals surface area contributed by atoms with Crippen LogP contribution < -0.4 is 5.73 Å². The number of halogens is 2. The lowest BCUT2D eigenvalue weighted by Crippen LogP contribution is -2.33. The quantitative estimate of drug-likeness (QED) is 0.649. The fourth-order valence-corrected chi connectivity index (χ4v) is 3.76. The van der Waals surface area contributed by atoms with Gasteiger partial charge in [-0.15, -0.1) is 12.4 Å². The second kappa shape index (κ2) is 10.6. The maximum Gasteiger partial charge on any atom is 0.225 e. The standard InChI is InChI=1S/C21H29FN4O.ClH/c1-26(21(27)16-8-11-18(23)13-16)12-4-2-3-5-19-14-20(25-24-19)15-6-9-17(22)10-7-15;/h6-7,9-10,14,16,18H,2-5,8,11-13,23H2,1H3,(H,24,25);1H. The molecule has 5 nitrogen and oxygen atoms in total. The molecule has 2 aromatic rings. The van der Waals surface area contributed by atoms with E-state index in [0.717, 1.165) is 68.4 Å². The Morgan fingerprint density at radius 1 is 1.25 bits per heavy atom. The normalized spacial score (nSPS) is 18.7. The van der Waals surface area contributed by atoms with Gasteiger partial charge in [0, 0.05) is 36.8 Å². The number of H-pyrrole nitrogens is 1. The number of nitrogens with one attached hydrogen (secondary N) is 1. The van der Waals surface area contributed by atoms with E-state index in [4.69, 9.17) is 5.73 Å². The Balaban J connectivity index is 0.00000280. The Labute approximate surface area is 172 Å². The first-order valence-corrected chi connectivity index (χ1v) is 9.83. The van der Waals surface area contributed by atoms with Crippen molar-refractivity contribution in [2.24, 2.45) is 11.7 Å². The molecule has 2 unspecified atom stereocenters. The summed E-state index contributed by atoms with van der Waals surface area (Å²) < 4.78 is 13.0. The Morgan fingerprint density at radius 3 is 2.68 bits per heavy atom. The van der Waals surface area contributed by atoms with E-state index < -0.39 is 0 Å². The third-order valence-corrected chi connectivity index (χ3v) is 5.41. The Bertz CT molecular complexity index is 749. The first-order chi connectivity index (χ1) is 13.0. The molecule has 0 spiro atoms. The van der Waals surface area contributed by atoms with E-state index in [1.807, 2.05) is 18.0 Å². The van der Waals surface area contributed by atoms with Gasteiger partial charge in [0.1, 0.15) is 5.82 Å². The maximum atomic E-state index is 13.0. The molecular formula is C21H30ClFN4O. The maximum absolute atomic E-state index is 13.0. The van der Waals surface area contributed by atoms with Gasteiger partial charge in [-0.1, -0.05) is 6.42 Å². The van der Waals surface area contributed by atoms with Gasteiger partial charge in [0.15, 0.2) is 0 Å². The summed E-state index contributed by atoms with van der Waals surface area (Å²) in [5, 5.41) is 7.36. The van der Waals surface area contributed by atoms with Crippen molar-refractivity contribution in [3.8, 4) is 11.3 Å². The number of nitrogens with zero attached hydrogens (tertiary/aromatic N) is 2. The summed E-state index contributed by atoms with van der Waals surface area (Å²) in [6.45, 7) is 0.800. The fraction of sp³-hybridized carbons (Fsp3) is 0.524. The number of amides is 1. The Kier molecular flexibility index (Phi) is 8.45. The van der Waals surface area contributed by atoms with Crippen molar-refractivity contribution in [1.82, 2.24) is 15.1 Å². The molecule has 7 heteroatoms. The van der Waals surface area contributed by atoms with Gasteiger partial charge in [0.25, 0.3) is 0 Å². The van der Waals surface area contributed by atoms with Crippen molar-refractivity contribution >= 4 is 18.3 Å². The largest absolute Gasteiger partial charge is 0.346 e. The number of hydrogen-bond donors (Lipinski definition) is 2. The molecule has 3 rings (SSSR count). The van der Waals surface area contributed by atoms with E-state index in [0.29, 0.717) is 0 Å². The third kappa shape index (κ3) is 6.04. The molecule has 2 atom stereocenters. The van der Waals surface area contributed by atoms with Gasteiger partial charge in [0.2, 0.25) is 5.91 Å². The SMILES string of the molecule is CN(CCCCCc1cc(-c2ccc(F)cc2)n[nH]1)C(=O)C1CCC(N)C1.Cl. The molecule has 3 N–H and O–H groups in total. The lowest BCUT2D eigenvalue weighted by Gasteiger charge is -2.21. The number of nitrogens with two attached hydrogens (primary N) is 1. The number of aryl methyl sites for hydroxylation is 1. The van der Waals surface area contributed by atoms with Crippen LogP contribution >= 0.6 is 12.4 Å². The van der Waals surface area contributed by atoms with Crippen LogP contribution in [0.4, 0.5) is 4.39 Å².